The van der Waals surface area contributed by atoms with Gasteiger partial charge in [-0.1, -0.05) is 20.3 Å². The zero-order valence-electron chi connectivity index (χ0n) is 16.9. The van der Waals surface area contributed by atoms with Gasteiger partial charge >= 0.3 is 17.9 Å². The van der Waals surface area contributed by atoms with Crippen molar-refractivity contribution in [3.63, 3.8) is 0 Å². The maximum Gasteiger partial charge on any atom is 0.326 e. The van der Waals surface area contributed by atoms with E-state index in [1.54, 1.807) is 13.8 Å². The Kier molecular flexibility index (Phi) is 11.0. The van der Waals surface area contributed by atoms with Crippen molar-refractivity contribution in [1.82, 2.24) is 16.0 Å². The number of carbonyl (C=O) groups excluding carboxylic acids is 3. The number of nitrogens with two attached hydrogens (primary N) is 1. The molecule has 0 saturated carbocycles. The molecule has 0 heterocycles. The van der Waals surface area contributed by atoms with Gasteiger partial charge in [0.2, 0.25) is 17.7 Å². The molecule has 0 aliphatic rings. The van der Waals surface area contributed by atoms with Gasteiger partial charge in [0, 0.05) is 0 Å². The molecule has 30 heavy (non-hydrogen) atoms. The molecule has 0 radical (unpaired) electrons. The molecular formula is C17H28N4O9. The highest BCUT2D eigenvalue weighted by atomic mass is 16.4. The van der Waals surface area contributed by atoms with Gasteiger partial charge in [-0.3, -0.25) is 24.0 Å². The first-order valence-electron chi connectivity index (χ1n) is 9.13. The molecule has 0 aliphatic carbocycles. The highest BCUT2D eigenvalue weighted by molar-refractivity contribution is 5.95. The lowest BCUT2D eigenvalue weighted by atomic mass is 9.97. The first-order valence-corrected chi connectivity index (χ1v) is 9.13. The Balaban J connectivity index is 5.15. The van der Waals surface area contributed by atoms with E-state index in [0.29, 0.717) is 6.42 Å². The van der Waals surface area contributed by atoms with E-state index in [4.69, 9.17) is 21.1 Å². The zero-order chi connectivity index (χ0) is 23.6. The van der Waals surface area contributed by atoms with E-state index < -0.39 is 78.6 Å². The number of hydrogen-bond donors (Lipinski definition) is 7. The Hall–Kier alpha value is -3.22. The molecule has 0 saturated heterocycles. The van der Waals surface area contributed by atoms with Crippen LogP contribution in [0.3, 0.4) is 0 Å². The second-order valence-electron chi connectivity index (χ2n) is 6.80. The van der Waals surface area contributed by atoms with Crippen LogP contribution in [0.5, 0.6) is 0 Å². The number of hydrogen-bond acceptors (Lipinski definition) is 7. The molecule has 170 valence electrons. The van der Waals surface area contributed by atoms with E-state index in [-0.39, 0.29) is 0 Å². The summed E-state index contributed by atoms with van der Waals surface area (Å²) in [5.74, 6) is -7.25. The van der Waals surface area contributed by atoms with E-state index in [2.05, 4.69) is 10.6 Å². The van der Waals surface area contributed by atoms with E-state index in [9.17, 15) is 28.8 Å². The SMILES string of the molecule is CCC(C)C(NC(=O)C(N)CC(=O)O)C(=O)NC(C)C(=O)NC(CC(=O)O)C(=O)O. The fraction of sp³-hybridized carbons (Fsp3) is 0.647. The van der Waals surface area contributed by atoms with Crippen molar-refractivity contribution in [2.75, 3.05) is 0 Å². The zero-order valence-corrected chi connectivity index (χ0v) is 16.9. The number of amides is 3. The Morgan fingerprint density at radius 1 is 0.800 bits per heavy atom. The number of rotatable bonds is 13. The molecule has 0 aromatic rings. The summed E-state index contributed by atoms with van der Waals surface area (Å²) in [6, 6.07) is -5.44. The van der Waals surface area contributed by atoms with Crippen LogP contribution in [0.15, 0.2) is 0 Å². The summed E-state index contributed by atoms with van der Waals surface area (Å²) in [6.07, 6.45) is -1.04. The first kappa shape index (κ1) is 26.8. The minimum absolute atomic E-state index is 0.403. The summed E-state index contributed by atoms with van der Waals surface area (Å²) in [5, 5.41) is 33.1. The van der Waals surface area contributed by atoms with Crippen molar-refractivity contribution in [1.29, 1.82) is 0 Å². The molecule has 0 bridgehead atoms. The van der Waals surface area contributed by atoms with Gasteiger partial charge in [-0.25, -0.2) is 4.79 Å². The largest absolute Gasteiger partial charge is 0.481 e. The van der Waals surface area contributed by atoms with Crippen LogP contribution in [-0.4, -0.2) is 75.1 Å². The lowest BCUT2D eigenvalue weighted by Gasteiger charge is -2.26. The summed E-state index contributed by atoms with van der Waals surface area (Å²) in [7, 11) is 0. The molecule has 0 aromatic carbocycles. The first-order chi connectivity index (χ1) is 13.8. The molecule has 8 N–H and O–H groups in total. The second kappa shape index (κ2) is 12.4. The van der Waals surface area contributed by atoms with Crippen LogP contribution < -0.4 is 21.7 Å². The van der Waals surface area contributed by atoms with Crippen molar-refractivity contribution in [2.45, 2.75) is 64.2 Å². The van der Waals surface area contributed by atoms with Gasteiger partial charge in [0.1, 0.15) is 18.1 Å². The molecule has 0 aliphatic heterocycles. The lowest BCUT2D eigenvalue weighted by molar-refractivity contribution is -0.147. The molecule has 0 rings (SSSR count). The van der Waals surface area contributed by atoms with Crippen LogP contribution in [0.25, 0.3) is 0 Å². The van der Waals surface area contributed by atoms with Crippen LogP contribution >= 0.6 is 0 Å². The van der Waals surface area contributed by atoms with E-state index in [0.717, 1.165) is 0 Å². The van der Waals surface area contributed by atoms with Gasteiger partial charge in [0.15, 0.2) is 0 Å². The predicted octanol–water partition coefficient (Wildman–Crippen LogP) is -2.13. The summed E-state index contributed by atoms with van der Waals surface area (Å²) < 4.78 is 0. The van der Waals surface area contributed by atoms with Crippen molar-refractivity contribution in [3.8, 4) is 0 Å². The van der Waals surface area contributed by atoms with E-state index in [1.165, 1.54) is 6.92 Å². The highest BCUT2D eigenvalue weighted by Gasteiger charge is 2.31. The molecule has 3 amide bonds. The van der Waals surface area contributed by atoms with Crippen molar-refractivity contribution in [2.24, 2.45) is 11.7 Å². The molecule has 13 nitrogen and oxygen atoms in total. The van der Waals surface area contributed by atoms with Gasteiger partial charge < -0.3 is 37.0 Å². The van der Waals surface area contributed by atoms with Gasteiger partial charge in [0.05, 0.1) is 18.9 Å². The lowest BCUT2D eigenvalue weighted by Crippen LogP contribution is -2.58. The summed E-state index contributed by atoms with van der Waals surface area (Å²) in [6.45, 7) is 4.64. The van der Waals surface area contributed by atoms with Crippen LogP contribution in [0.2, 0.25) is 0 Å². The summed E-state index contributed by atoms with van der Waals surface area (Å²) >= 11 is 0. The van der Waals surface area contributed by atoms with Crippen LogP contribution in [0.1, 0.15) is 40.0 Å². The standard InChI is InChI=1S/C17H28N4O9/c1-4-7(2)13(21-15(27)9(18)5-11(22)23)16(28)19-8(3)14(26)20-10(17(29)30)6-12(24)25/h7-10,13H,4-6,18H2,1-3H3,(H,19,28)(H,20,26)(H,21,27)(H,22,23)(H,24,25)(H,29,30). The Morgan fingerprint density at radius 3 is 1.77 bits per heavy atom. The highest BCUT2D eigenvalue weighted by Crippen LogP contribution is 2.09. The third kappa shape index (κ3) is 9.32. The Labute approximate surface area is 172 Å². The topological polar surface area (TPSA) is 225 Å². The number of carboxylic acid groups (broad SMARTS) is 3. The van der Waals surface area contributed by atoms with Crippen molar-refractivity contribution < 1.29 is 44.1 Å². The molecule has 0 aromatic heterocycles. The van der Waals surface area contributed by atoms with Crippen LogP contribution in [0.4, 0.5) is 0 Å². The molecule has 13 heteroatoms. The second-order valence-corrected chi connectivity index (χ2v) is 6.80. The maximum atomic E-state index is 12.6. The monoisotopic (exact) mass is 432 g/mol. The van der Waals surface area contributed by atoms with Crippen LogP contribution in [0, 0.1) is 5.92 Å². The fourth-order valence-corrected chi connectivity index (χ4v) is 2.28. The van der Waals surface area contributed by atoms with E-state index >= 15 is 0 Å². The normalized spacial score (nSPS) is 15.6. The third-order valence-electron chi connectivity index (χ3n) is 4.27. The van der Waals surface area contributed by atoms with Crippen molar-refractivity contribution in [3.05, 3.63) is 0 Å². The smallest absolute Gasteiger partial charge is 0.326 e. The number of nitrogens with one attached hydrogen (secondary N) is 3. The van der Waals surface area contributed by atoms with Gasteiger partial charge in [-0.2, -0.15) is 0 Å². The Bertz CT molecular complexity index is 682. The number of aliphatic carboxylic acids is 3. The number of carboxylic acids is 3. The maximum absolute atomic E-state index is 12.6. The van der Waals surface area contributed by atoms with Gasteiger partial charge in [0.25, 0.3) is 0 Å². The molecule has 5 atom stereocenters. The average Bonchev–Trinajstić information content (AvgIpc) is 2.63. The number of carbonyl (C=O) groups is 6. The van der Waals surface area contributed by atoms with Crippen LogP contribution in [-0.2, 0) is 28.8 Å². The van der Waals surface area contributed by atoms with Gasteiger partial charge in [-0.15, -0.1) is 0 Å². The third-order valence-corrected chi connectivity index (χ3v) is 4.27. The molecular weight excluding hydrogens is 404 g/mol. The molecule has 0 spiro atoms. The molecule has 0 fully saturated rings. The Morgan fingerprint density at radius 2 is 1.33 bits per heavy atom. The predicted molar refractivity (Wildman–Crippen MR) is 101 cm³/mol. The minimum atomic E-state index is -1.69. The summed E-state index contributed by atoms with van der Waals surface area (Å²) in [5.41, 5.74) is 5.49. The fourth-order valence-electron chi connectivity index (χ4n) is 2.28. The summed E-state index contributed by atoms with van der Waals surface area (Å²) in [4.78, 5) is 69.2. The minimum Gasteiger partial charge on any atom is -0.481 e. The van der Waals surface area contributed by atoms with E-state index in [1.807, 2.05) is 5.32 Å². The van der Waals surface area contributed by atoms with Crippen molar-refractivity contribution >= 4 is 35.6 Å². The quantitative estimate of drug-likeness (QED) is 0.167. The molecule has 5 unspecified atom stereocenters. The average molecular weight is 432 g/mol. The van der Waals surface area contributed by atoms with Gasteiger partial charge in [-0.05, 0) is 12.8 Å².